The van der Waals surface area contributed by atoms with E-state index in [4.69, 9.17) is 10.5 Å². The van der Waals surface area contributed by atoms with E-state index < -0.39 is 0 Å². The number of nitrogens with one attached hydrogen (secondary N) is 2. The van der Waals surface area contributed by atoms with E-state index in [2.05, 4.69) is 15.0 Å². The molecule has 0 radical (unpaired) electrons. The molecule has 0 atom stereocenters. The zero-order chi connectivity index (χ0) is 12.5. The molecule has 0 aliphatic heterocycles. The number of ether oxygens (including phenoxy) is 1. The summed E-state index contributed by atoms with van der Waals surface area (Å²) >= 11 is 0. The first-order valence-electron chi connectivity index (χ1n) is 5.71. The Morgan fingerprint density at radius 3 is 3.00 bits per heavy atom. The highest BCUT2D eigenvalue weighted by atomic mass is 16.5. The van der Waals surface area contributed by atoms with E-state index in [0.717, 1.165) is 33.7 Å². The van der Waals surface area contributed by atoms with Gasteiger partial charge < -0.3 is 20.4 Å². The number of rotatable bonds is 3. The molecule has 0 aliphatic rings. The fourth-order valence-electron chi connectivity index (χ4n) is 2.05. The molecule has 4 N–H and O–H groups in total. The fraction of sp³-hybridized carbons (Fsp3) is 0.154. The number of hydrogen-bond donors (Lipinski definition) is 3. The molecule has 0 amide bonds. The van der Waals surface area contributed by atoms with Gasteiger partial charge in [-0.3, -0.25) is 0 Å². The van der Waals surface area contributed by atoms with Crippen LogP contribution >= 0.6 is 0 Å². The van der Waals surface area contributed by atoms with Gasteiger partial charge in [-0.1, -0.05) is 0 Å². The first kappa shape index (κ1) is 10.9. The van der Waals surface area contributed by atoms with Crippen molar-refractivity contribution in [3.05, 3.63) is 36.4 Å². The summed E-state index contributed by atoms with van der Waals surface area (Å²) in [5.74, 6) is 1.61. The van der Waals surface area contributed by atoms with E-state index >= 15 is 0 Å². The minimum atomic E-state index is 0.408. The van der Waals surface area contributed by atoms with Gasteiger partial charge in [0, 0.05) is 22.7 Å². The summed E-state index contributed by atoms with van der Waals surface area (Å²) in [4.78, 5) is 10.6. The second-order valence-electron chi connectivity index (χ2n) is 4.06. The molecule has 18 heavy (non-hydrogen) atoms. The topological polar surface area (TPSA) is 79.7 Å². The first-order valence-corrected chi connectivity index (χ1v) is 5.71. The van der Waals surface area contributed by atoms with E-state index in [1.54, 1.807) is 13.3 Å². The molecule has 3 aromatic rings. The lowest BCUT2D eigenvalue weighted by atomic mass is 10.1. The first-order chi connectivity index (χ1) is 8.81. The minimum Gasteiger partial charge on any atom is -0.497 e. The molecule has 0 saturated carbocycles. The van der Waals surface area contributed by atoms with Crippen molar-refractivity contribution >= 4 is 10.9 Å². The van der Waals surface area contributed by atoms with Gasteiger partial charge in [-0.2, -0.15) is 0 Å². The maximum Gasteiger partial charge on any atom is 0.120 e. The second-order valence-corrected chi connectivity index (χ2v) is 4.06. The van der Waals surface area contributed by atoms with Crippen LogP contribution in [0.4, 0.5) is 0 Å². The van der Waals surface area contributed by atoms with Crippen LogP contribution in [-0.4, -0.2) is 22.1 Å². The van der Waals surface area contributed by atoms with Crippen molar-refractivity contribution < 1.29 is 4.74 Å². The molecule has 2 heterocycles. The summed E-state index contributed by atoms with van der Waals surface area (Å²) in [5.41, 5.74) is 8.64. The highest BCUT2D eigenvalue weighted by Gasteiger charge is 2.09. The van der Waals surface area contributed by atoms with Gasteiger partial charge >= 0.3 is 0 Å². The van der Waals surface area contributed by atoms with Gasteiger partial charge in [0.1, 0.15) is 11.6 Å². The number of imidazole rings is 1. The van der Waals surface area contributed by atoms with Gasteiger partial charge in [0.2, 0.25) is 0 Å². The maximum absolute atomic E-state index is 5.55. The summed E-state index contributed by atoms with van der Waals surface area (Å²) in [6, 6.07) is 5.93. The predicted molar refractivity (Wildman–Crippen MR) is 70.3 cm³/mol. The van der Waals surface area contributed by atoms with Crippen molar-refractivity contribution in [1.29, 1.82) is 0 Å². The molecule has 0 aliphatic carbocycles. The Morgan fingerprint density at radius 2 is 2.28 bits per heavy atom. The Kier molecular flexibility index (Phi) is 2.53. The summed E-state index contributed by atoms with van der Waals surface area (Å²) < 4.78 is 5.25. The molecule has 0 fully saturated rings. The molecule has 5 nitrogen and oxygen atoms in total. The van der Waals surface area contributed by atoms with Crippen LogP contribution in [0.25, 0.3) is 22.2 Å². The van der Waals surface area contributed by atoms with Crippen LogP contribution in [0.15, 0.2) is 30.6 Å². The third kappa shape index (κ3) is 1.65. The average Bonchev–Trinajstić information content (AvgIpc) is 3.03. The van der Waals surface area contributed by atoms with Crippen molar-refractivity contribution in [2.45, 2.75) is 6.54 Å². The van der Waals surface area contributed by atoms with E-state index in [1.807, 2.05) is 24.4 Å². The quantitative estimate of drug-likeness (QED) is 0.657. The zero-order valence-electron chi connectivity index (χ0n) is 10.0. The van der Waals surface area contributed by atoms with Crippen LogP contribution in [-0.2, 0) is 6.54 Å². The van der Waals surface area contributed by atoms with Gasteiger partial charge in [0.25, 0.3) is 0 Å². The van der Waals surface area contributed by atoms with Crippen molar-refractivity contribution in [2.75, 3.05) is 7.11 Å². The maximum atomic E-state index is 5.55. The molecule has 0 spiro atoms. The fourth-order valence-corrected chi connectivity index (χ4v) is 2.05. The number of hydrogen-bond acceptors (Lipinski definition) is 3. The zero-order valence-corrected chi connectivity index (χ0v) is 10.0. The molecule has 2 aromatic heterocycles. The number of methoxy groups -OCH3 is 1. The van der Waals surface area contributed by atoms with Crippen molar-refractivity contribution in [3.63, 3.8) is 0 Å². The third-order valence-electron chi connectivity index (χ3n) is 3.00. The van der Waals surface area contributed by atoms with E-state index in [9.17, 15) is 0 Å². The smallest absolute Gasteiger partial charge is 0.120 e. The Morgan fingerprint density at radius 1 is 1.39 bits per heavy atom. The van der Waals surface area contributed by atoms with E-state index in [1.165, 1.54) is 0 Å². The number of benzene rings is 1. The van der Waals surface area contributed by atoms with Gasteiger partial charge in [-0.25, -0.2) is 4.98 Å². The molecule has 5 heteroatoms. The van der Waals surface area contributed by atoms with E-state index in [-0.39, 0.29) is 0 Å². The molecule has 0 unspecified atom stereocenters. The van der Waals surface area contributed by atoms with Crippen LogP contribution < -0.4 is 10.5 Å². The summed E-state index contributed by atoms with van der Waals surface area (Å²) in [6.45, 7) is 0.408. The summed E-state index contributed by atoms with van der Waals surface area (Å²) in [5, 5.41) is 1.10. The lowest BCUT2D eigenvalue weighted by Gasteiger charge is -2.00. The molecular formula is C13H14N4O. The Bertz CT molecular complexity index is 683. The number of nitrogens with two attached hydrogens (primary N) is 1. The van der Waals surface area contributed by atoms with Crippen molar-refractivity contribution in [2.24, 2.45) is 5.73 Å². The molecule has 0 bridgehead atoms. The van der Waals surface area contributed by atoms with Crippen LogP contribution in [0, 0.1) is 0 Å². The van der Waals surface area contributed by atoms with Crippen molar-refractivity contribution in [3.8, 4) is 17.0 Å². The van der Waals surface area contributed by atoms with Gasteiger partial charge in [0.15, 0.2) is 0 Å². The third-order valence-corrected chi connectivity index (χ3v) is 3.00. The Hall–Kier alpha value is -2.27. The van der Waals surface area contributed by atoms with Gasteiger partial charge in [-0.15, -0.1) is 0 Å². The number of aromatic nitrogens is 3. The van der Waals surface area contributed by atoms with E-state index in [0.29, 0.717) is 6.54 Å². The number of aromatic amines is 2. The highest BCUT2D eigenvalue weighted by Crippen LogP contribution is 2.30. The van der Waals surface area contributed by atoms with Gasteiger partial charge in [-0.05, 0) is 18.2 Å². The monoisotopic (exact) mass is 242 g/mol. The summed E-state index contributed by atoms with van der Waals surface area (Å²) in [6.07, 6.45) is 3.75. The molecule has 0 saturated heterocycles. The standard InChI is InChI=1S/C13H14N4O/c1-18-8-2-3-11-9(4-8)10(6-15-11)12-7-16-13(5-14)17-12/h2-4,6-7,15H,5,14H2,1H3,(H,16,17). The van der Waals surface area contributed by atoms with Gasteiger partial charge in [0.05, 0.1) is 25.5 Å². The summed E-state index contributed by atoms with van der Waals surface area (Å²) in [7, 11) is 1.66. The normalized spacial score (nSPS) is 11.0. The Labute approximate surface area is 104 Å². The highest BCUT2D eigenvalue weighted by molar-refractivity contribution is 5.95. The van der Waals surface area contributed by atoms with Crippen LogP contribution in [0.1, 0.15) is 5.82 Å². The van der Waals surface area contributed by atoms with Crippen LogP contribution in [0.2, 0.25) is 0 Å². The minimum absolute atomic E-state index is 0.408. The lowest BCUT2D eigenvalue weighted by Crippen LogP contribution is -1.97. The van der Waals surface area contributed by atoms with Crippen LogP contribution in [0.5, 0.6) is 5.75 Å². The Balaban J connectivity index is 2.16. The van der Waals surface area contributed by atoms with Crippen LogP contribution in [0.3, 0.4) is 0 Å². The largest absolute Gasteiger partial charge is 0.497 e. The number of nitrogens with zero attached hydrogens (tertiary/aromatic N) is 1. The molecular weight excluding hydrogens is 228 g/mol. The molecule has 1 aromatic carbocycles. The SMILES string of the molecule is COc1ccc2[nH]cc(-c3cnc(CN)[nH]3)c2c1. The predicted octanol–water partition coefficient (Wildman–Crippen LogP) is 2.03. The molecule has 3 rings (SSSR count). The average molecular weight is 242 g/mol. The second kappa shape index (κ2) is 4.19. The van der Waals surface area contributed by atoms with Crippen molar-refractivity contribution in [1.82, 2.24) is 15.0 Å². The molecule has 92 valence electrons. The number of H-pyrrole nitrogens is 2. The lowest BCUT2D eigenvalue weighted by molar-refractivity contribution is 0.415. The number of fused-ring (bicyclic) bond motifs is 1.